The van der Waals surface area contributed by atoms with Crippen LogP contribution in [0.15, 0.2) is 53.0 Å². The van der Waals surface area contributed by atoms with Crippen LogP contribution in [0.2, 0.25) is 0 Å². The zero-order valence-electron chi connectivity index (χ0n) is 10.9. The van der Waals surface area contributed by atoms with Gasteiger partial charge in [0.25, 0.3) is 0 Å². The summed E-state index contributed by atoms with van der Waals surface area (Å²) >= 11 is 3.66. The fraction of sp³-hybridized carbons (Fsp3) is 0.176. The Hall–Kier alpha value is -1.54. The number of hydrogen-bond acceptors (Lipinski definition) is 0. The lowest BCUT2D eigenvalue weighted by Crippen LogP contribution is -2.14. The van der Waals surface area contributed by atoms with Crippen molar-refractivity contribution < 1.29 is 0 Å². The van der Waals surface area contributed by atoms with Crippen molar-refractivity contribution in [1.82, 2.24) is 4.57 Å². The van der Waals surface area contributed by atoms with Gasteiger partial charge in [0, 0.05) is 26.7 Å². The van der Waals surface area contributed by atoms with E-state index in [1.54, 1.807) is 0 Å². The highest BCUT2D eigenvalue weighted by atomic mass is 79.9. The zero-order valence-corrected chi connectivity index (χ0v) is 12.5. The van der Waals surface area contributed by atoms with E-state index < -0.39 is 0 Å². The Morgan fingerprint density at radius 1 is 1.00 bits per heavy atom. The molecule has 0 spiro atoms. The van der Waals surface area contributed by atoms with Crippen molar-refractivity contribution in [2.24, 2.45) is 0 Å². The van der Waals surface area contributed by atoms with Gasteiger partial charge in [-0.2, -0.15) is 0 Å². The zero-order chi connectivity index (χ0) is 13.2. The van der Waals surface area contributed by atoms with E-state index in [0.29, 0.717) is 0 Å². The van der Waals surface area contributed by atoms with Crippen LogP contribution in [0.1, 0.15) is 25.1 Å². The number of para-hydroxylation sites is 1. The second kappa shape index (κ2) is 3.51. The molecule has 2 aromatic carbocycles. The van der Waals surface area contributed by atoms with Crippen molar-refractivity contribution in [3.8, 4) is 5.69 Å². The van der Waals surface area contributed by atoms with Crippen molar-refractivity contribution in [3.05, 3.63) is 64.3 Å². The lowest BCUT2D eigenvalue weighted by Gasteiger charge is -2.18. The van der Waals surface area contributed by atoms with Gasteiger partial charge in [0.05, 0.1) is 5.52 Å². The molecule has 0 fully saturated rings. The second-order valence-electron chi connectivity index (χ2n) is 5.68. The van der Waals surface area contributed by atoms with E-state index >= 15 is 0 Å². The van der Waals surface area contributed by atoms with Crippen LogP contribution in [0, 0.1) is 0 Å². The Morgan fingerprint density at radius 2 is 1.79 bits per heavy atom. The van der Waals surface area contributed by atoms with E-state index in [2.05, 4.69) is 82.9 Å². The topological polar surface area (TPSA) is 4.93 Å². The van der Waals surface area contributed by atoms with Gasteiger partial charge in [-0.05, 0) is 29.8 Å². The lowest BCUT2D eigenvalue weighted by atomic mass is 9.83. The highest BCUT2D eigenvalue weighted by molar-refractivity contribution is 9.10. The molecule has 3 aromatic rings. The Labute approximate surface area is 121 Å². The van der Waals surface area contributed by atoms with E-state index in [9.17, 15) is 0 Å². The lowest BCUT2D eigenvalue weighted by molar-refractivity contribution is 0.645. The summed E-state index contributed by atoms with van der Waals surface area (Å²) < 4.78 is 3.57. The molecule has 0 aliphatic carbocycles. The standard InChI is InChI=1S/C17H14BrN/c1-17(2)12-6-3-4-8-15(12)19-14-9-5-7-13(18)11(14)10-16(17)19/h3-10H,1-2H3. The molecule has 2 heteroatoms. The summed E-state index contributed by atoms with van der Waals surface area (Å²) in [6.45, 7) is 4.61. The highest BCUT2D eigenvalue weighted by Gasteiger charge is 2.36. The van der Waals surface area contributed by atoms with E-state index in [1.165, 1.54) is 32.3 Å². The summed E-state index contributed by atoms with van der Waals surface area (Å²) in [6.07, 6.45) is 0. The van der Waals surface area contributed by atoms with Gasteiger partial charge in [0.15, 0.2) is 0 Å². The maximum atomic E-state index is 3.66. The van der Waals surface area contributed by atoms with Gasteiger partial charge < -0.3 is 4.57 Å². The number of nitrogens with zero attached hydrogens (tertiary/aromatic N) is 1. The maximum absolute atomic E-state index is 3.66. The molecule has 0 N–H and O–H groups in total. The first-order chi connectivity index (χ1) is 9.10. The number of rotatable bonds is 0. The third-order valence-electron chi connectivity index (χ3n) is 4.25. The third kappa shape index (κ3) is 1.30. The van der Waals surface area contributed by atoms with Crippen LogP contribution < -0.4 is 0 Å². The molecule has 94 valence electrons. The Kier molecular flexibility index (Phi) is 2.09. The molecule has 0 saturated heterocycles. The molecule has 1 aliphatic rings. The number of aromatic nitrogens is 1. The fourth-order valence-electron chi connectivity index (χ4n) is 3.25. The Balaban J connectivity index is 2.22. The van der Waals surface area contributed by atoms with Gasteiger partial charge in [0.1, 0.15) is 0 Å². The molecule has 4 rings (SSSR count). The molecule has 1 aliphatic heterocycles. The average Bonchev–Trinajstić information content (AvgIpc) is 2.88. The van der Waals surface area contributed by atoms with Gasteiger partial charge in [-0.15, -0.1) is 0 Å². The molecule has 2 heterocycles. The molecule has 0 saturated carbocycles. The summed E-state index contributed by atoms with van der Waals surface area (Å²) in [5.74, 6) is 0. The molecule has 0 unspecified atom stereocenters. The smallest absolute Gasteiger partial charge is 0.0543 e. The molecule has 0 atom stereocenters. The van der Waals surface area contributed by atoms with E-state index in [4.69, 9.17) is 0 Å². The first-order valence-electron chi connectivity index (χ1n) is 6.51. The van der Waals surface area contributed by atoms with Gasteiger partial charge in [-0.1, -0.05) is 54.0 Å². The predicted octanol–water partition coefficient (Wildman–Crippen LogP) is 5.03. The van der Waals surface area contributed by atoms with Crippen LogP contribution in [0.25, 0.3) is 16.6 Å². The molecule has 19 heavy (non-hydrogen) atoms. The van der Waals surface area contributed by atoms with Crippen LogP contribution in [0.4, 0.5) is 0 Å². The van der Waals surface area contributed by atoms with Crippen molar-refractivity contribution in [2.45, 2.75) is 19.3 Å². The molecule has 1 nitrogen and oxygen atoms in total. The van der Waals surface area contributed by atoms with Gasteiger partial charge in [-0.3, -0.25) is 0 Å². The largest absolute Gasteiger partial charge is 0.312 e. The SMILES string of the molecule is CC1(C)c2ccccc2-n2c1cc1c(Br)cccc12. The van der Waals surface area contributed by atoms with Gasteiger partial charge >= 0.3 is 0 Å². The second-order valence-corrected chi connectivity index (χ2v) is 6.53. The summed E-state index contributed by atoms with van der Waals surface area (Å²) in [5.41, 5.74) is 5.44. The number of benzene rings is 2. The van der Waals surface area contributed by atoms with Crippen molar-refractivity contribution in [1.29, 1.82) is 0 Å². The van der Waals surface area contributed by atoms with Crippen LogP contribution >= 0.6 is 15.9 Å². The van der Waals surface area contributed by atoms with Crippen LogP contribution in [0.5, 0.6) is 0 Å². The van der Waals surface area contributed by atoms with E-state index in [-0.39, 0.29) is 5.41 Å². The molecule has 0 bridgehead atoms. The molecule has 0 amide bonds. The first kappa shape index (κ1) is 11.3. The van der Waals surface area contributed by atoms with E-state index in [0.717, 1.165) is 0 Å². The van der Waals surface area contributed by atoms with Gasteiger partial charge in [-0.25, -0.2) is 0 Å². The van der Waals surface area contributed by atoms with Crippen molar-refractivity contribution >= 4 is 26.8 Å². The average molecular weight is 312 g/mol. The summed E-state index contributed by atoms with van der Waals surface area (Å²) in [6, 6.07) is 17.4. The molecule has 1 aromatic heterocycles. The number of halogens is 1. The van der Waals surface area contributed by atoms with Gasteiger partial charge in [0.2, 0.25) is 0 Å². The first-order valence-corrected chi connectivity index (χ1v) is 7.30. The molecular weight excluding hydrogens is 298 g/mol. The number of hydrogen-bond donors (Lipinski definition) is 0. The van der Waals surface area contributed by atoms with Crippen molar-refractivity contribution in [3.63, 3.8) is 0 Å². The molecular formula is C17H14BrN. The monoisotopic (exact) mass is 311 g/mol. The summed E-state index contributed by atoms with van der Waals surface area (Å²) in [7, 11) is 0. The quantitative estimate of drug-likeness (QED) is 0.548. The minimum Gasteiger partial charge on any atom is -0.312 e. The van der Waals surface area contributed by atoms with E-state index in [1.807, 2.05) is 0 Å². The Bertz CT molecular complexity index is 811. The normalized spacial score (nSPS) is 15.5. The highest BCUT2D eigenvalue weighted by Crippen LogP contribution is 2.46. The summed E-state index contributed by atoms with van der Waals surface area (Å²) in [4.78, 5) is 0. The number of fused-ring (bicyclic) bond motifs is 5. The molecule has 0 radical (unpaired) electrons. The van der Waals surface area contributed by atoms with Crippen molar-refractivity contribution in [2.75, 3.05) is 0 Å². The minimum atomic E-state index is 0.0645. The third-order valence-corrected chi connectivity index (χ3v) is 4.94. The van der Waals surface area contributed by atoms with Crippen LogP contribution in [-0.4, -0.2) is 4.57 Å². The maximum Gasteiger partial charge on any atom is 0.0543 e. The predicted molar refractivity (Wildman–Crippen MR) is 83.1 cm³/mol. The minimum absolute atomic E-state index is 0.0645. The fourth-order valence-corrected chi connectivity index (χ4v) is 3.72. The van der Waals surface area contributed by atoms with Crippen LogP contribution in [-0.2, 0) is 5.41 Å². The van der Waals surface area contributed by atoms with Crippen LogP contribution in [0.3, 0.4) is 0 Å². The summed E-state index contributed by atoms with van der Waals surface area (Å²) in [5, 5.41) is 1.29. The Morgan fingerprint density at radius 3 is 2.63 bits per heavy atom.